The third kappa shape index (κ3) is 4.29. The molecule has 0 bridgehead atoms. The predicted molar refractivity (Wildman–Crippen MR) is 97.8 cm³/mol. The fourth-order valence-corrected chi connectivity index (χ4v) is 4.83. The maximum Gasteiger partial charge on any atom is 0.250 e. The maximum atomic E-state index is 12.7. The zero-order chi connectivity index (χ0) is 18.6. The van der Waals surface area contributed by atoms with Gasteiger partial charge in [0.05, 0.1) is 23.3 Å². The fourth-order valence-electron chi connectivity index (χ4n) is 3.09. The molecule has 1 heterocycles. The van der Waals surface area contributed by atoms with Gasteiger partial charge in [0.2, 0.25) is 11.8 Å². The Morgan fingerprint density at radius 2 is 1.42 bits per heavy atom. The Morgan fingerprint density at radius 1 is 0.885 bits per heavy atom. The smallest absolute Gasteiger partial charge is 0.250 e. The highest BCUT2D eigenvalue weighted by atomic mass is 32.2. The maximum absolute atomic E-state index is 12.7. The second kappa shape index (κ2) is 7.70. The molecule has 2 N–H and O–H groups in total. The summed E-state index contributed by atoms with van der Waals surface area (Å²) in [6, 6.07) is 18.5. The van der Waals surface area contributed by atoms with Crippen LogP contribution in [0.15, 0.2) is 60.7 Å². The number of carbonyl (C=O) groups is 2. The lowest BCUT2D eigenvalue weighted by molar-refractivity contribution is -0.131. The van der Waals surface area contributed by atoms with Crippen molar-refractivity contribution in [3.63, 3.8) is 0 Å². The van der Waals surface area contributed by atoms with E-state index >= 15 is 0 Å². The van der Waals surface area contributed by atoms with Gasteiger partial charge in [-0.15, -0.1) is 0 Å². The summed E-state index contributed by atoms with van der Waals surface area (Å²) in [5, 5.41) is 0. The topological polar surface area (TPSA) is 92.3 Å². The average molecular weight is 372 g/mol. The van der Waals surface area contributed by atoms with Crippen LogP contribution in [0.4, 0.5) is 0 Å². The molecule has 6 nitrogen and oxygen atoms in total. The Kier molecular flexibility index (Phi) is 5.37. The normalized spacial score (nSPS) is 18.4. The number of carbonyl (C=O) groups excluding carboxylic acids is 2. The molecule has 1 fully saturated rings. The minimum Gasteiger partial charge on any atom is -0.273 e. The molecule has 136 valence electrons. The Labute approximate surface area is 152 Å². The van der Waals surface area contributed by atoms with Gasteiger partial charge in [0, 0.05) is 0 Å². The van der Waals surface area contributed by atoms with Crippen LogP contribution in [0.5, 0.6) is 0 Å². The van der Waals surface area contributed by atoms with Crippen molar-refractivity contribution in [2.75, 3.05) is 11.5 Å². The van der Waals surface area contributed by atoms with Crippen molar-refractivity contribution in [2.24, 2.45) is 5.92 Å². The summed E-state index contributed by atoms with van der Waals surface area (Å²) in [4.78, 5) is 24.9. The highest BCUT2D eigenvalue weighted by Gasteiger charge is 2.33. The lowest BCUT2D eigenvalue weighted by Crippen LogP contribution is -2.46. The molecule has 1 aliphatic rings. The van der Waals surface area contributed by atoms with Crippen LogP contribution in [-0.2, 0) is 19.4 Å². The molecule has 1 saturated heterocycles. The van der Waals surface area contributed by atoms with Crippen LogP contribution < -0.4 is 10.9 Å². The third-order valence-corrected chi connectivity index (χ3v) is 6.21. The molecule has 0 unspecified atom stereocenters. The zero-order valence-corrected chi connectivity index (χ0v) is 14.9. The van der Waals surface area contributed by atoms with Crippen LogP contribution in [-0.4, -0.2) is 31.7 Å². The Hall–Kier alpha value is -2.67. The van der Waals surface area contributed by atoms with Crippen LogP contribution in [0.25, 0.3) is 0 Å². The largest absolute Gasteiger partial charge is 0.273 e. The van der Waals surface area contributed by atoms with Gasteiger partial charge < -0.3 is 0 Å². The lowest BCUT2D eigenvalue weighted by Gasteiger charge is -2.19. The molecule has 0 saturated carbocycles. The monoisotopic (exact) mass is 372 g/mol. The van der Waals surface area contributed by atoms with Crippen LogP contribution in [0.2, 0.25) is 0 Å². The summed E-state index contributed by atoms with van der Waals surface area (Å²) >= 11 is 0. The van der Waals surface area contributed by atoms with Gasteiger partial charge in [-0.2, -0.15) is 0 Å². The van der Waals surface area contributed by atoms with Gasteiger partial charge in [-0.25, -0.2) is 8.42 Å². The number of benzene rings is 2. The van der Waals surface area contributed by atoms with Gasteiger partial charge in [0.15, 0.2) is 9.84 Å². The highest BCUT2D eigenvalue weighted by molar-refractivity contribution is 7.91. The first kappa shape index (κ1) is 18.1. The molecular formula is C19H20N2O4S. The molecule has 0 aromatic heterocycles. The van der Waals surface area contributed by atoms with Crippen molar-refractivity contribution in [2.45, 2.75) is 12.3 Å². The molecular weight excluding hydrogens is 352 g/mol. The van der Waals surface area contributed by atoms with E-state index in [1.807, 2.05) is 60.7 Å². The summed E-state index contributed by atoms with van der Waals surface area (Å²) in [7, 11) is -3.15. The Morgan fingerprint density at radius 3 is 1.88 bits per heavy atom. The number of nitrogens with one attached hydrogen (secondary N) is 2. The van der Waals surface area contributed by atoms with Crippen molar-refractivity contribution >= 4 is 21.7 Å². The number of sulfone groups is 1. The van der Waals surface area contributed by atoms with E-state index in [1.165, 1.54) is 0 Å². The molecule has 1 atom stereocenters. The molecule has 26 heavy (non-hydrogen) atoms. The summed E-state index contributed by atoms with van der Waals surface area (Å²) < 4.78 is 23.0. The standard InChI is InChI=1S/C19H20N2O4S/c22-18(16-11-12-26(24,25)13-16)20-21-19(23)17(14-7-3-1-4-8-14)15-9-5-2-6-10-15/h1-10,16-17H,11-13H2,(H,20,22)(H,21,23)/t16-/m1/s1. The molecule has 1 aliphatic heterocycles. The first-order chi connectivity index (χ1) is 12.5. The van der Waals surface area contributed by atoms with E-state index in [4.69, 9.17) is 0 Å². The van der Waals surface area contributed by atoms with Crippen LogP contribution in [0.1, 0.15) is 23.5 Å². The second-order valence-corrected chi connectivity index (χ2v) is 8.56. The van der Waals surface area contributed by atoms with E-state index in [0.717, 1.165) is 11.1 Å². The van der Waals surface area contributed by atoms with Gasteiger partial charge in [-0.3, -0.25) is 20.4 Å². The Bertz CT molecular complexity index is 843. The number of hydrogen-bond donors (Lipinski definition) is 2. The molecule has 2 amide bonds. The third-order valence-electron chi connectivity index (χ3n) is 4.44. The zero-order valence-electron chi connectivity index (χ0n) is 14.1. The van der Waals surface area contributed by atoms with Gasteiger partial charge in [-0.05, 0) is 17.5 Å². The Balaban J connectivity index is 1.71. The first-order valence-corrected chi connectivity index (χ1v) is 10.2. The highest BCUT2D eigenvalue weighted by Crippen LogP contribution is 2.24. The fraction of sp³-hybridized carbons (Fsp3) is 0.263. The molecule has 3 rings (SSSR count). The van der Waals surface area contributed by atoms with Crippen molar-refractivity contribution in [1.82, 2.24) is 10.9 Å². The van der Waals surface area contributed by atoms with Crippen LogP contribution in [0, 0.1) is 5.92 Å². The summed E-state index contributed by atoms with van der Waals surface area (Å²) in [6.07, 6.45) is 0.283. The first-order valence-electron chi connectivity index (χ1n) is 8.36. The van der Waals surface area contributed by atoms with Crippen LogP contribution >= 0.6 is 0 Å². The molecule has 2 aromatic rings. The van der Waals surface area contributed by atoms with Crippen LogP contribution in [0.3, 0.4) is 0 Å². The van der Waals surface area contributed by atoms with Crippen molar-refractivity contribution < 1.29 is 18.0 Å². The van der Waals surface area contributed by atoms with Gasteiger partial charge in [-0.1, -0.05) is 60.7 Å². The molecule has 0 radical (unpaired) electrons. The van der Waals surface area contributed by atoms with Gasteiger partial charge in [0.25, 0.3) is 0 Å². The van der Waals surface area contributed by atoms with E-state index < -0.39 is 27.6 Å². The van der Waals surface area contributed by atoms with E-state index in [9.17, 15) is 18.0 Å². The SMILES string of the molecule is O=C(NNC(=O)[C@@H]1CCS(=O)(=O)C1)C(c1ccccc1)c1ccccc1. The van der Waals surface area contributed by atoms with E-state index in [2.05, 4.69) is 10.9 Å². The average Bonchev–Trinajstić information content (AvgIpc) is 3.02. The van der Waals surface area contributed by atoms with E-state index in [-0.39, 0.29) is 23.8 Å². The number of amides is 2. The lowest BCUT2D eigenvalue weighted by atomic mass is 9.91. The molecule has 7 heteroatoms. The van der Waals surface area contributed by atoms with Crippen molar-refractivity contribution in [3.05, 3.63) is 71.8 Å². The number of hydrazine groups is 1. The van der Waals surface area contributed by atoms with Crippen molar-refractivity contribution in [1.29, 1.82) is 0 Å². The minimum atomic E-state index is -3.15. The second-order valence-electron chi connectivity index (χ2n) is 6.33. The minimum absolute atomic E-state index is 0.00961. The predicted octanol–water partition coefficient (Wildman–Crippen LogP) is 1.40. The quantitative estimate of drug-likeness (QED) is 0.794. The van der Waals surface area contributed by atoms with Gasteiger partial charge in [0.1, 0.15) is 0 Å². The van der Waals surface area contributed by atoms with E-state index in [0.29, 0.717) is 0 Å². The summed E-state index contributed by atoms with van der Waals surface area (Å²) in [5.41, 5.74) is 6.43. The molecule has 2 aromatic carbocycles. The molecule has 0 spiro atoms. The van der Waals surface area contributed by atoms with E-state index in [1.54, 1.807) is 0 Å². The van der Waals surface area contributed by atoms with Crippen molar-refractivity contribution in [3.8, 4) is 0 Å². The summed E-state index contributed by atoms with van der Waals surface area (Å²) in [6.45, 7) is 0. The molecule has 0 aliphatic carbocycles. The number of rotatable bonds is 4. The van der Waals surface area contributed by atoms with Gasteiger partial charge >= 0.3 is 0 Å². The summed E-state index contributed by atoms with van der Waals surface area (Å²) in [5.74, 6) is -2.21. The number of hydrogen-bond acceptors (Lipinski definition) is 4.